The van der Waals surface area contributed by atoms with Gasteiger partial charge in [-0.05, 0) is 64.8 Å². The molecule has 0 fully saturated rings. The third-order valence-electron chi connectivity index (χ3n) is 4.69. The van der Waals surface area contributed by atoms with Gasteiger partial charge in [0.05, 0.1) is 16.6 Å². The van der Waals surface area contributed by atoms with Crippen molar-refractivity contribution < 1.29 is 23.4 Å². The number of benzene rings is 3. The first-order valence-electron chi connectivity index (χ1n) is 10.1. The lowest BCUT2D eigenvalue weighted by molar-refractivity contribution is -0.129. The SMILES string of the molecule is CCOc1cc(/C=C2\N=C(c3ccccc3F)OC2=O)cc(Br)c1OCc1ccccc1Br. The highest BCUT2D eigenvalue weighted by Crippen LogP contribution is 2.38. The summed E-state index contributed by atoms with van der Waals surface area (Å²) in [7, 11) is 0. The molecule has 0 amide bonds. The van der Waals surface area contributed by atoms with Crippen molar-refractivity contribution in [3.63, 3.8) is 0 Å². The lowest BCUT2D eigenvalue weighted by atomic mass is 10.1. The molecular weight excluding hydrogens is 557 g/mol. The third-order valence-corrected chi connectivity index (χ3v) is 6.05. The van der Waals surface area contributed by atoms with Crippen molar-refractivity contribution in [3.8, 4) is 11.5 Å². The van der Waals surface area contributed by atoms with Crippen LogP contribution in [0.15, 0.2) is 80.3 Å². The molecule has 5 nitrogen and oxygen atoms in total. The van der Waals surface area contributed by atoms with Crippen LogP contribution in [0.2, 0.25) is 0 Å². The van der Waals surface area contributed by atoms with E-state index in [4.69, 9.17) is 14.2 Å². The van der Waals surface area contributed by atoms with Crippen molar-refractivity contribution in [1.29, 1.82) is 0 Å². The predicted molar refractivity (Wildman–Crippen MR) is 131 cm³/mol. The number of hydrogen-bond donors (Lipinski definition) is 0. The average Bonchev–Trinajstić information content (AvgIpc) is 3.14. The standard InChI is InChI=1S/C25H18Br2FNO4/c1-2-31-22-13-15(11-19(27)23(22)32-14-16-7-3-5-9-18(16)26)12-21-25(30)33-24(29-21)17-8-4-6-10-20(17)28/h3-13H,2,14H2,1H3/b21-12-. The van der Waals surface area contributed by atoms with Gasteiger partial charge >= 0.3 is 5.97 Å². The molecule has 4 rings (SSSR count). The molecular formula is C25H18Br2FNO4. The van der Waals surface area contributed by atoms with Gasteiger partial charge in [-0.1, -0.05) is 46.3 Å². The number of ether oxygens (including phenoxy) is 3. The van der Waals surface area contributed by atoms with Gasteiger partial charge in [0.25, 0.3) is 0 Å². The fourth-order valence-corrected chi connectivity index (χ4v) is 4.13. The van der Waals surface area contributed by atoms with Crippen molar-refractivity contribution >= 4 is 49.8 Å². The number of hydrogen-bond acceptors (Lipinski definition) is 5. The predicted octanol–water partition coefficient (Wildman–Crippen LogP) is 6.67. The van der Waals surface area contributed by atoms with E-state index in [2.05, 4.69) is 36.9 Å². The summed E-state index contributed by atoms with van der Waals surface area (Å²) in [6.45, 7) is 2.63. The van der Waals surface area contributed by atoms with Crippen molar-refractivity contribution in [1.82, 2.24) is 0 Å². The van der Waals surface area contributed by atoms with E-state index < -0.39 is 11.8 Å². The quantitative estimate of drug-likeness (QED) is 0.233. The van der Waals surface area contributed by atoms with Gasteiger partial charge in [0.1, 0.15) is 12.4 Å². The van der Waals surface area contributed by atoms with Gasteiger partial charge in [-0.3, -0.25) is 0 Å². The molecule has 0 saturated heterocycles. The van der Waals surface area contributed by atoms with Crippen LogP contribution in [0.5, 0.6) is 11.5 Å². The Morgan fingerprint density at radius 2 is 1.79 bits per heavy atom. The molecule has 8 heteroatoms. The van der Waals surface area contributed by atoms with Crippen LogP contribution in [0.4, 0.5) is 4.39 Å². The zero-order chi connectivity index (χ0) is 23.4. The van der Waals surface area contributed by atoms with Crippen LogP contribution in [0.3, 0.4) is 0 Å². The highest BCUT2D eigenvalue weighted by Gasteiger charge is 2.26. The first kappa shape index (κ1) is 23.2. The molecule has 0 bridgehead atoms. The molecule has 3 aromatic rings. The molecule has 168 valence electrons. The van der Waals surface area contributed by atoms with Crippen LogP contribution in [-0.4, -0.2) is 18.5 Å². The minimum Gasteiger partial charge on any atom is -0.490 e. The summed E-state index contributed by atoms with van der Waals surface area (Å²) >= 11 is 7.05. The maximum atomic E-state index is 14.0. The zero-order valence-electron chi connectivity index (χ0n) is 17.5. The van der Waals surface area contributed by atoms with E-state index in [9.17, 15) is 9.18 Å². The normalized spacial score (nSPS) is 14.2. The summed E-state index contributed by atoms with van der Waals surface area (Å²) < 4.78 is 32.6. The maximum absolute atomic E-state index is 14.0. The van der Waals surface area contributed by atoms with Gasteiger partial charge in [-0.25, -0.2) is 14.2 Å². The Bertz CT molecular complexity index is 1270. The number of esters is 1. The molecule has 0 atom stereocenters. The molecule has 0 aromatic heterocycles. The smallest absolute Gasteiger partial charge is 0.363 e. The van der Waals surface area contributed by atoms with Crippen LogP contribution in [0, 0.1) is 5.82 Å². The summed E-state index contributed by atoms with van der Waals surface area (Å²) in [5, 5.41) is 0. The summed E-state index contributed by atoms with van der Waals surface area (Å²) in [6, 6.07) is 17.3. The molecule has 1 heterocycles. The van der Waals surface area contributed by atoms with Gasteiger partial charge in [0, 0.05) is 10.0 Å². The van der Waals surface area contributed by atoms with E-state index >= 15 is 0 Å². The van der Waals surface area contributed by atoms with Crippen LogP contribution in [0.1, 0.15) is 23.6 Å². The van der Waals surface area contributed by atoms with Crippen molar-refractivity contribution in [2.24, 2.45) is 4.99 Å². The van der Waals surface area contributed by atoms with Crippen LogP contribution >= 0.6 is 31.9 Å². The number of halogens is 3. The van der Waals surface area contributed by atoms with Gasteiger partial charge < -0.3 is 14.2 Å². The largest absolute Gasteiger partial charge is 0.490 e. The molecule has 1 aliphatic heterocycles. The highest BCUT2D eigenvalue weighted by atomic mass is 79.9. The van der Waals surface area contributed by atoms with E-state index in [0.717, 1.165) is 10.0 Å². The summed E-state index contributed by atoms with van der Waals surface area (Å²) in [5.74, 6) is -0.189. The molecule has 0 saturated carbocycles. The second kappa shape index (κ2) is 10.3. The Hall–Kier alpha value is -2.97. The van der Waals surface area contributed by atoms with E-state index in [1.807, 2.05) is 31.2 Å². The van der Waals surface area contributed by atoms with Crippen molar-refractivity contribution in [3.05, 3.63) is 97.8 Å². The molecule has 3 aromatic carbocycles. The molecule has 0 aliphatic carbocycles. The Morgan fingerprint density at radius 3 is 2.55 bits per heavy atom. The van der Waals surface area contributed by atoms with Crippen LogP contribution < -0.4 is 9.47 Å². The Morgan fingerprint density at radius 1 is 1.03 bits per heavy atom. The number of nitrogens with zero attached hydrogens (tertiary/aromatic N) is 1. The fourth-order valence-electron chi connectivity index (χ4n) is 3.16. The van der Waals surface area contributed by atoms with Gasteiger partial charge in [0.2, 0.25) is 5.90 Å². The topological polar surface area (TPSA) is 57.1 Å². The van der Waals surface area contributed by atoms with E-state index in [1.54, 1.807) is 30.3 Å². The van der Waals surface area contributed by atoms with Gasteiger partial charge in [0.15, 0.2) is 17.2 Å². The first-order valence-corrected chi connectivity index (χ1v) is 11.6. The number of aliphatic imine (C=N–C) groups is 1. The van der Waals surface area contributed by atoms with Crippen molar-refractivity contribution in [2.45, 2.75) is 13.5 Å². The Balaban J connectivity index is 1.63. The minimum atomic E-state index is -0.656. The van der Waals surface area contributed by atoms with Crippen LogP contribution in [0.25, 0.3) is 6.08 Å². The van der Waals surface area contributed by atoms with Crippen molar-refractivity contribution in [2.75, 3.05) is 6.61 Å². The fraction of sp³-hybridized carbons (Fsp3) is 0.120. The van der Waals surface area contributed by atoms with E-state index in [-0.39, 0.29) is 17.2 Å². The van der Waals surface area contributed by atoms with E-state index in [0.29, 0.717) is 34.7 Å². The lowest BCUT2D eigenvalue weighted by Gasteiger charge is -2.15. The Labute approximate surface area is 207 Å². The maximum Gasteiger partial charge on any atom is 0.363 e. The average molecular weight is 575 g/mol. The minimum absolute atomic E-state index is 0.0597. The summed E-state index contributed by atoms with van der Waals surface area (Å²) in [4.78, 5) is 16.5. The number of rotatable bonds is 7. The zero-order valence-corrected chi connectivity index (χ0v) is 20.7. The lowest BCUT2D eigenvalue weighted by Crippen LogP contribution is -2.07. The molecule has 0 radical (unpaired) electrons. The van der Waals surface area contributed by atoms with Gasteiger partial charge in [-0.2, -0.15) is 0 Å². The summed E-state index contributed by atoms with van der Waals surface area (Å²) in [6.07, 6.45) is 1.56. The molecule has 0 spiro atoms. The van der Waals surface area contributed by atoms with E-state index in [1.165, 1.54) is 12.1 Å². The number of carbonyl (C=O) groups excluding carboxylic acids is 1. The molecule has 0 unspecified atom stereocenters. The summed E-state index contributed by atoms with van der Waals surface area (Å²) in [5.41, 5.74) is 1.82. The Kier molecular flexibility index (Phi) is 7.25. The van der Waals surface area contributed by atoms with Gasteiger partial charge in [-0.15, -0.1) is 0 Å². The second-order valence-electron chi connectivity index (χ2n) is 6.96. The third kappa shape index (κ3) is 5.34. The molecule has 0 N–H and O–H groups in total. The second-order valence-corrected chi connectivity index (χ2v) is 8.67. The molecule has 33 heavy (non-hydrogen) atoms. The first-order chi connectivity index (χ1) is 16.0. The highest BCUT2D eigenvalue weighted by molar-refractivity contribution is 9.10. The number of cyclic esters (lactones) is 1. The van der Waals surface area contributed by atoms with Crippen LogP contribution in [-0.2, 0) is 16.1 Å². The monoisotopic (exact) mass is 573 g/mol. The number of carbonyl (C=O) groups is 1. The molecule has 1 aliphatic rings.